The molecular formula is C16H13BrO2. The third kappa shape index (κ3) is 2.26. The van der Waals surface area contributed by atoms with Crippen LogP contribution in [0.2, 0.25) is 0 Å². The Morgan fingerprint density at radius 1 is 1.05 bits per heavy atom. The Hall–Kier alpha value is -1.74. The van der Waals surface area contributed by atoms with E-state index in [1.807, 2.05) is 24.3 Å². The molecule has 0 aliphatic rings. The fourth-order valence-corrected chi connectivity index (χ4v) is 2.65. The van der Waals surface area contributed by atoms with Gasteiger partial charge in [-0.2, -0.15) is 0 Å². The van der Waals surface area contributed by atoms with Crippen molar-refractivity contribution in [1.29, 1.82) is 0 Å². The molecule has 0 saturated carbocycles. The van der Waals surface area contributed by atoms with E-state index in [0.29, 0.717) is 0 Å². The standard InChI is InChI=1S/C16H13BrO2/c1-10-7-12(17)4-6-14(10)16-8-11-3-5-13(18-2)9-15(11)19-16/h3-9H,1-2H3. The number of ether oxygens (including phenoxy) is 1. The van der Waals surface area contributed by atoms with Gasteiger partial charge in [-0.1, -0.05) is 15.9 Å². The smallest absolute Gasteiger partial charge is 0.138 e. The van der Waals surface area contributed by atoms with Crippen LogP contribution in [0, 0.1) is 6.92 Å². The summed E-state index contributed by atoms with van der Waals surface area (Å²) in [5, 5.41) is 1.08. The lowest BCUT2D eigenvalue weighted by atomic mass is 10.1. The fourth-order valence-electron chi connectivity index (χ4n) is 2.17. The highest BCUT2D eigenvalue weighted by molar-refractivity contribution is 9.10. The van der Waals surface area contributed by atoms with Crippen molar-refractivity contribution in [3.05, 3.63) is 52.5 Å². The Bertz CT molecular complexity index is 744. The lowest BCUT2D eigenvalue weighted by molar-refractivity contribution is 0.414. The van der Waals surface area contributed by atoms with Gasteiger partial charge in [0.25, 0.3) is 0 Å². The van der Waals surface area contributed by atoms with E-state index in [1.54, 1.807) is 7.11 Å². The van der Waals surface area contributed by atoms with Crippen LogP contribution in [0.1, 0.15) is 5.56 Å². The van der Waals surface area contributed by atoms with Gasteiger partial charge in [0, 0.05) is 21.5 Å². The summed E-state index contributed by atoms with van der Waals surface area (Å²) >= 11 is 3.48. The molecule has 0 unspecified atom stereocenters. The van der Waals surface area contributed by atoms with Gasteiger partial charge >= 0.3 is 0 Å². The summed E-state index contributed by atoms with van der Waals surface area (Å²) in [6, 6.07) is 14.1. The minimum absolute atomic E-state index is 0.806. The number of benzene rings is 2. The summed E-state index contributed by atoms with van der Waals surface area (Å²) < 4.78 is 12.2. The molecule has 19 heavy (non-hydrogen) atoms. The Labute approximate surface area is 120 Å². The van der Waals surface area contributed by atoms with Crippen molar-refractivity contribution in [3.8, 4) is 17.1 Å². The van der Waals surface area contributed by atoms with Crippen molar-refractivity contribution in [2.24, 2.45) is 0 Å². The second-order valence-corrected chi connectivity index (χ2v) is 5.39. The van der Waals surface area contributed by atoms with Crippen LogP contribution in [0.5, 0.6) is 5.75 Å². The maximum Gasteiger partial charge on any atom is 0.138 e. The van der Waals surface area contributed by atoms with Crippen molar-refractivity contribution in [1.82, 2.24) is 0 Å². The second kappa shape index (κ2) is 4.74. The van der Waals surface area contributed by atoms with Crippen molar-refractivity contribution < 1.29 is 9.15 Å². The molecule has 3 aromatic rings. The van der Waals surface area contributed by atoms with Crippen LogP contribution in [0.3, 0.4) is 0 Å². The van der Waals surface area contributed by atoms with E-state index in [4.69, 9.17) is 9.15 Å². The largest absolute Gasteiger partial charge is 0.497 e. The van der Waals surface area contributed by atoms with Gasteiger partial charge in [-0.05, 0) is 48.9 Å². The number of rotatable bonds is 2. The van der Waals surface area contributed by atoms with Crippen LogP contribution in [-0.4, -0.2) is 7.11 Å². The van der Waals surface area contributed by atoms with Gasteiger partial charge in [0.1, 0.15) is 17.1 Å². The number of aryl methyl sites for hydroxylation is 1. The summed E-state index contributed by atoms with van der Waals surface area (Å²) in [4.78, 5) is 0. The molecule has 0 bridgehead atoms. The SMILES string of the molecule is COc1ccc2cc(-c3ccc(Br)cc3C)oc2c1. The fraction of sp³-hybridized carbons (Fsp3) is 0.125. The molecule has 2 nitrogen and oxygen atoms in total. The van der Waals surface area contributed by atoms with Crippen LogP contribution in [0.25, 0.3) is 22.3 Å². The normalized spacial score (nSPS) is 10.9. The first-order valence-electron chi connectivity index (χ1n) is 6.01. The number of halogens is 1. The van der Waals surface area contributed by atoms with Crippen LogP contribution in [0.4, 0.5) is 0 Å². The molecular weight excluding hydrogens is 304 g/mol. The van der Waals surface area contributed by atoms with Gasteiger partial charge < -0.3 is 9.15 Å². The van der Waals surface area contributed by atoms with Crippen LogP contribution >= 0.6 is 15.9 Å². The maximum atomic E-state index is 5.92. The third-order valence-corrected chi connectivity index (χ3v) is 3.67. The van der Waals surface area contributed by atoms with Crippen molar-refractivity contribution >= 4 is 26.9 Å². The lowest BCUT2D eigenvalue weighted by Crippen LogP contribution is -1.80. The first kappa shape index (κ1) is 12.3. The van der Waals surface area contributed by atoms with Crippen LogP contribution < -0.4 is 4.74 Å². The summed E-state index contributed by atoms with van der Waals surface area (Å²) in [7, 11) is 1.66. The number of hydrogen-bond donors (Lipinski definition) is 0. The van der Waals surface area contributed by atoms with E-state index in [0.717, 1.165) is 32.5 Å². The molecule has 2 aromatic carbocycles. The highest BCUT2D eigenvalue weighted by atomic mass is 79.9. The Morgan fingerprint density at radius 3 is 2.63 bits per heavy atom. The van der Waals surface area contributed by atoms with Gasteiger partial charge in [0.2, 0.25) is 0 Å². The Kier molecular flexibility index (Phi) is 3.07. The Morgan fingerprint density at radius 2 is 1.89 bits per heavy atom. The van der Waals surface area contributed by atoms with E-state index in [2.05, 4.69) is 41.1 Å². The monoisotopic (exact) mass is 316 g/mol. The number of hydrogen-bond acceptors (Lipinski definition) is 2. The van der Waals surface area contributed by atoms with Crippen molar-refractivity contribution in [3.63, 3.8) is 0 Å². The summed E-state index contributed by atoms with van der Waals surface area (Å²) in [5.41, 5.74) is 3.13. The van der Waals surface area contributed by atoms with Gasteiger partial charge in [0.15, 0.2) is 0 Å². The molecule has 0 fully saturated rings. The highest BCUT2D eigenvalue weighted by Crippen LogP contribution is 2.32. The molecule has 3 rings (SSSR count). The summed E-state index contributed by atoms with van der Waals surface area (Å²) in [6.45, 7) is 2.08. The van der Waals surface area contributed by atoms with E-state index < -0.39 is 0 Å². The highest BCUT2D eigenvalue weighted by Gasteiger charge is 2.09. The number of fused-ring (bicyclic) bond motifs is 1. The topological polar surface area (TPSA) is 22.4 Å². The summed E-state index contributed by atoms with van der Waals surface area (Å²) in [6.07, 6.45) is 0. The average Bonchev–Trinajstić information content (AvgIpc) is 2.80. The third-order valence-electron chi connectivity index (χ3n) is 3.18. The van der Waals surface area contributed by atoms with E-state index >= 15 is 0 Å². The number of furan rings is 1. The minimum Gasteiger partial charge on any atom is -0.497 e. The van der Waals surface area contributed by atoms with Crippen LogP contribution in [0.15, 0.2) is 51.4 Å². The quantitative estimate of drug-likeness (QED) is 0.650. The van der Waals surface area contributed by atoms with E-state index in [9.17, 15) is 0 Å². The van der Waals surface area contributed by atoms with Crippen molar-refractivity contribution in [2.45, 2.75) is 6.92 Å². The first-order valence-corrected chi connectivity index (χ1v) is 6.81. The van der Waals surface area contributed by atoms with E-state index in [1.165, 1.54) is 5.56 Å². The van der Waals surface area contributed by atoms with Gasteiger partial charge in [-0.25, -0.2) is 0 Å². The zero-order chi connectivity index (χ0) is 13.4. The second-order valence-electron chi connectivity index (χ2n) is 4.47. The zero-order valence-corrected chi connectivity index (χ0v) is 12.3. The van der Waals surface area contributed by atoms with Gasteiger partial charge in [0.05, 0.1) is 7.11 Å². The molecule has 0 N–H and O–H groups in total. The Balaban J connectivity index is 2.14. The lowest BCUT2D eigenvalue weighted by Gasteiger charge is -2.02. The zero-order valence-electron chi connectivity index (χ0n) is 10.7. The summed E-state index contributed by atoms with van der Waals surface area (Å²) in [5.74, 6) is 1.69. The molecule has 0 radical (unpaired) electrons. The predicted octanol–water partition coefficient (Wildman–Crippen LogP) is 5.18. The molecule has 96 valence electrons. The molecule has 1 aromatic heterocycles. The maximum absolute atomic E-state index is 5.92. The molecule has 0 aliphatic heterocycles. The van der Waals surface area contributed by atoms with Gasteiger partial charge in [-0.3, -0.25) is 0 Å². The average molecular weight is 317 g/mol. The van der Waals surface area contributed by atoms with E-state index in [-0.39, 0.29) is 0 Å². The molecule has 0 aliphatic carbocycles. The molecule has 0 amide bonds. The molecule has 1 heterocycles. The molecule has 3 heteroatoms. The predicted molar refractivity (Wildman–Crippen MR) is 80.6 cm³/mol. The molecule has 0 atom stereocenters. The minimum atomic E-state index is 0.806. The molecule has 0 spiro atoms. The van der Waals surface area contributed by atoms with Crippen LogP contribution in [-0.2, 0) is 0 Å². The number of methoxy groups -OCH3 is 1. The van der Waals surface area contributed by atoms with Crippen molar-refractivity contribution in [2.75, 3.05) is 7.11 Å². The molecule has 0 saturated heterocycles. The first-order chi connectivity index (χ1) is 9.17. The van der Waals surface area contributed by atoms with Gasteiger partial charge in [-0.15, -0.1) is 0 Å².